The fraction of sp³-hybridized carbons (Fsp3) is 0.533. The van der Waals surface area contributed by atoms with Crippen molar-refractivity contribution in [2.24, 2.45) is 11.3 Å². The molecule has 2 nitrogen and oxygen atoms in total. The first-order chi connectivity index (χ1) is 9.63. The molecule has 0 bridgehead atoms. The fourth-order valence-corrected chi connectivity index (χ4v) is 3.68. The van der Waals surface area contributed by atoms with E-state index in [1.807, 2.05) is 0 Å². The predicted molar refractivity (Wildman–Crippen MR) is 78.6 cm³/mol. The Hall–Kier alpha value is -0.800. The smallest absolute Gasteiger partial charge is 0.144 e. The SMILES string of the molecule is Fc1cc2c(cc1Cl)nc(CCl)n2CC1(C2CC2)CC1. The molecule has 4 rings (SSSR count). The zero-order valence-corrected chi connectivity index (χ0v) is 12.5. The number of rotatable bonds is 4. The van der Waals surface area contributed by atoms with Crippen LogP contribution in [0, 0.1) is 17.2 Å². The van der Waals surface area contributed by atoms with Crippen LogP contribution in [0.5, 0.6) is 0 Å². The van der Waals surface area contributed by atoms with Gasteiger partial charge in [0, 0.05) is 12.6 Å². The summed E-state index contributed by atoms with van der Waals surface area (Å²) in [6, 6.07) is 3.08. The van der Waals surface area contributed by atoms with Crippen LogP contribution < -0.4 is 0 Å². The molecule has 0 spiro atoms. The minimum atomic E-state index is -0.391. The van der Waals surface area contributed by atoms with Gasteiger partial charge in [-0.3, -0.25) is 0 Å². The first-order valence-electron chi connectivity index (χ1n) is 7.03. The Labute approximate surface area is 126 Å². The van der Waals surface area contributed by atoms with Gasteiger partial charge in [-0.2, -0.15) is 0 Å². The van der Waals surface area contributed by atoms with Gasteiger partial charge in [0.05, 0.1) is 21.9 Å². The molecule has 2 aliphatic rings. The lowest BCUT2D eigenvalue weighted by atomic mass is 10.0. The number of halogens is 3. The lowest BCUT2D eigenvalue weighted by Crippen LogP contribution is -2.15. The number of hydrogen-bond donors (Lipinski definition) is 0. The molecule has 0 radical (unpaired) electrons. The molecule has 0 N–H and O–H groups in total. The van der Waals surface area contributed by atoms with E-state index in [1.54, 1.807) is 6.07 Å². The average Bonchev–Trinajstić information content (AvgIpc) is 3.30. The predicted octanol–water partition coefficient (Wildman–Crippen LogP) is 4.76. The van der Waals surface area contributed by atoms with Crippen molar-refractivity contribution in [2.75, 3.05) is 0 Å². The number of fused-ring (bicyclic) bond motifs is 1. The van der Waals surface area contributed by atoms with Crippen molar-refractivity contribution in [3.8, 4) is 0 Å². The second kappa shape index (κ2) is 4.35. The van der Waals surface area contributed by atoms with E-state index < -0.39 is 5.82 Å². The lowest BCUT2D eigenvalue weighted by molar-refractivity contribution is 0.371. The largest absolute Gasteiger partial charge is 0.326 e. The van der Waals surface area contributed by atoms with Crippen LogP contribution in [-0.2, 0) is 12.4 Å². The molecule has 2 aliphatic carbocycles. The zero-order chi connectivity index (χ0) is 13.9. The fourth-order valence-electron chi connectivity index (χ4n) is 3.32. The number of imidazole rings is 1. The van der Waals surface area contributed by atoms with Gasteiger partial charge in [-0.15, -0.1) is 11.6 Å². The zero-order valence-electron chi connectivity index (χ0n) is 11.0. The highest BCUT2D eigenvalue weighted by Crippen LogP contribution is 2.62. The first-order valence-corrected chi connectivity index (χ1v) is 7.94. The van der Waals surface area contributed by atoms with Crippen LogP contribution >= 0.6 is 23.2 Å². The van der Waals surface area contributed by atoms with Crippen molar-refractivity contribution >= 4 is 34.2 Å². The summed E-state index contributed by atoms with van der Waals surface area (Å²) in [5.41, 5.74) is 1.97. The standard InChI is InChI=1S/C15H15Cl2FN2/c16-7-14-19-12-5-10(17)11(18)6-13(12)20(14)8-15(3-4-15)9-1-2-9/h5-6,9H,1-4,7-8H2. The van der Waals surface area contributed by atoms with Crippen LogP contribution in [0.1, 0.15) is 31.5 Å². The first kappa shape index (κ1) is 12.9. The highest BCUT2D eigenvalue weighted by Gasteiger charge is 2.54. The van der Waals surface area contributed by atoms with Gasteiger partial charge in [0.2, 0.25) is 0 Å². The Morgan fingerprint density at radius 2 is 2.10 bits per heavy atom. The van der Waals surface area contributed by atoms with Crippen molar-refractivity contribution in [2.45, 2.75) is 38.1 Å². The molecular weight excluding hydrogens is 298 g/mol. The quantitative estimate of drug-likeness (QED) is 0.744. The van der Waals surface area contributed by atoms with E-state index in [9.17, 15) is 4.39 Å². The van der Waals surface area contributed by atoms with Crippen molar-refractivity contribution in [1.29, 1.82) is 0 Å². The van der Waals surface area contributed by atoms with Crippen LogP contribution in [0.3, 0.4) is 0 Å². The molecule has 5 heteroatoms. The van der Waals surface area contributed by atoms with E-state index in [0.717, 1.165) is 29.3 Å². The van der Waals surface area contributed by atoms with Crippen LogP contribution in [0.4, 0.5) is 4.39 Å². The number of nitrogens with zero attached hydrogens (tertiary/aromatic N) is 2. The Morgan fingerprint density at radius 3 is 2.70 bits per heavy atom. The molecule has 0 atom stereocenters. The molecule has 1 heterocycles. The normalized spacial score (nSPS) is 20.6. The minimum absolute atomic E-state index is 0.117. The molecule has 0 unspecified atom stereocenters. The Bertz CT molecular complexity index is 687. The molecule has 2 saturated carbocycles. The van der Waals surface area contributed by atoms with Crippen molar-refractivity contribution in [3.63, 3.8) is 0 Å². The Kier molecular flexibility index (Phi) is 2.80. The third kappa shape index (κ3) is 1.94. The van der Waals surface area contributed by atoms with E-state index in [0.29, 0.717) is 11.3 Å². The molecule has 2 aromatic rings. The second-order valence-electron chi connectivity index (χ2n) is 6.14. The molecule has 106 valence electrons. The summed E-state index contributed by atoms with van der Waals surface area (Å²) >= 11 is 11.9. The van der Waals surface area contributed by atoms with Crippen LogP contribution in [-0.4, -0.2) is 9.55 Å². The van der Waals surface area contributed by atoms with E-state index in [4.69, 9.17) is 23.2 Å². The van der Waals surface area contributed by atoms with Gasteiger partial charge in [0.15, 0.2) is 0 Å². The molecule has 0 saturated heterocycles. The van der Waals surface area contributed by atoms with Gasteiger partial charge in [0.1, 0.15) is 11.6 Å². The van der Waals surface area contributed by atoms with Gasteiger partial charge < -0.3 is 4.57 Å². The van der Waals surface area contributed by atoms with Crippen LogP contribution in [0.15, 0.2) is 12.1 Å². The van der Waals surface area contributed by atoms with Crippen LogP contribution in [0.25, 0.3) is 11.0 Å². The number of alkyl halides is 1. The summed E-state index contributed by atoms with van der Waals surface area (Å²) in [7, 11) is 0. The maximum atomic E-state index is 13.8. The third-order valence-electron chi connectivity index (χ3n) is 4.80. The van der Waals surface area contributed by atoms with E-state index in [1.165, 1.54) is 31.7 Å². The monoisotopic (exact) mass is 312 g/mol. The highest BCUT2D eigenvalue weighted by molar-refractivity contribution is 6.31. The number of hydrogen-bond acceptors (Lipinski definition) is 1. The molecular formula is C15H15Cl2FN2. The van der Waals surface area contributed by atoms with E-state index in [-0.39, 0.29) is 5.02 Å². The molecule has 1 aromatic heterocycles. The number of benzene rings is 1. The van der Waals surface area contributed by atoms with E-state index in [2.05, 4.69) is 9.55 Å². The summed E-state index contributed by atoms with van der Waals surface area (Å²) in [5, 5.41) is 0.117. The Morgan fingerprint density at radius 1 is 1.35 bits per heavy atom. The summed E-state index contributed by atoms with van der Waals surface area (Å²) in [6.45, 7) is 0.914. The van der Waals surface area contributed by atoms with Crippen molar-refractivity contribution < 1.29 is 4.39 Å². The maximum Gasteiger partial charge on any atom is 0.144 e. The Balaban J connectivity index is 1.81. The molecule has 0 aliphatic heterocycles. The summed E-state index contributed by atoms with van der Waals surface area (Å²) in [4.78, 5) is 4.50. The van der Waals surface area contributed by atoms with Gasteiger partial charge in [0.25, 0.3) is 0 Å². The average molecular weight is 313 g/mol. The molecule has 0 amide bonds. The van der Waals surface area contributed by atoms with Crippen LogP contribution in [0.2, 0.25) is 5.02 Å². The van der Waals surface area contributed by atoms with Crippen molar-refractivity contribution in [3.05, 3.63) is 28.8 Å². The summed E-state index contributed by atoms with van der Waals surface area (Å²) in [5.74, 6) is 1.61. The van der Waals surface area contributed by atoms with Crippen molar-refractivity contribution in [1.82, 2.24) is 9.55 Å². The van der Waals surface area contributed by atoms with Gasteiger partial charge in [-0.1, -0.05) is 11.6 Å². The topological polar surface area (TPSA) is 17.8 Å². The molecule has 20 heavy (non-hydrogen) atoms. The van der Waals surface area contributed by atoms with E-state index >= 15 is 0 Å². The second-order valence-corrected chi connectivity index (χ2v) is 6.81. The number of aromatic nitrogens is 2. The maximum absolute atomic E-state index is 13.8. The summed E-state index contributed by atoms with van der Waals surface area (Å²) in [6.07, 6.45) is 5.22. The summed E-state index contributed by atoms with van der Waals surface area (Å²) < 4.78 is 15.9. The lowest BCUT2D eigenvalue weighted by Gasteiger charge is -2.17. The van der Waals surface area contributed by atoms with Gasteiger partial charge in [-0.05, 0) is 43.1 Å². The third-order valence-corrected chi connectivity index (χ3v) is 5.33. The molecule has 2 fully saturated rings. The highest BCUT2D eigenvalue weighted by atomic mass is 35.5. The van der Waals surface area contributed by atoms with Gasteiger partial charge in [-0.25, -0.2) is 9.37 Å². The minimum Gasteiger partial charge on any atom is -0.326 e. The molecule has 1 aromatic carbocycles. The van der Waals surface area contributed by atoms with Gasteiger partial charge >= 0.3 is 0 Å².